The van der Waals surface area contributed by atoms with Crippen molar-refractivity contribution in [3.8, 4) is 0 Å². The fourth-order valence-corrected chi connectivity index (χ4v) is 1.01. The number of thiazole rings is 1. The third kappa shape index (κ3) is 1.81. The first-order valence-corrected chi connectivity index (χ1v) is 3.35. The lowest BCUT2D eigenvalue weighted by molar-refractivity contribution is 0.541. The number of aromatic nitrogens is 1. The van der Waals surface area contributed by atoms with Crippen LogP contribution in [0.4, 0.5) is 0 Å². The van der Waals surface area contributed by atoms with Crippen LogP contribution in [0.25, 0.3) is 0 Å². The van der Waals surface area contributed by atoms with Gasteiger partial charge in [0, 0.05) is 5.38 Å². The first kappa shape index (κ1) is 6.22. The molecule has 1 rings (SSSR count). The van der Waals surface area contributed by atoms with Gasteiger partial charge in [-0.05, 0) is 0 Å². The van der Waals surface area contributed by atoms with Gasteiger partial charge in [0.25, 0.3) is 0 Å². The van der Waals surface area contributed by atoms with E-state index in [0.717, 1.165) is 5.69 Å². The molecule has 0 aliphatic carbocycles. The minimum Gasteiger partial charge on any atom is -0.342 e. The molecule has 9 heavy (non-hydrogen) atoms. The van der Waals surface area contributed by atoms with Crippen molar-refractivity contribution in [2.75, 3.05) is 0 Å². The second kappa shape index (κ2) is 3.19. The normalized spacial score (nSPS) is 8.89. The summed E-state index contributed by atoms with van der Waals surface area (Å²) in [5.74, 6) is 0. The van der Waals surface area contributed by atoms with Crippen LogP contribution in [-0.4, -0.2) is 11.4 Å². The van der Waals surface area contributed by atoms with Crippen molar-refractivity contribution in [2.45, 2.75) is 6.54 Å². The Labute approximate surface area is 56.7 Å². The highest BCUT2D eigenvalue weighted by Gasteiger charge is 1.90. The topological polar surface area (TPSA) is 42.0 Å². The lowest BCUT2D eigenvalue weighted by atomic mass is 10.5. The number of nitrogens with zero attached hydrogens (tertiary/aromatic N) is 1. The molecule has 1 amide bonds. The van der Waals surface area contributed by atoms with Gasteiger partial charge >= 0.3 is 6.41 Å². The van der Waals surface area contributed by atoms with Crippen LogP contribution in [0.5, 0.6) is 0 Å². The molecule has 0 spiro atoms. The quantitative estimate of drug-likeness (QED) is 0.615. The number of rotatable bonds is 3. The smallest absolute Gasteiger partial charge is 0.309 e. The van der Waals surface area contributed by atoms with Gasteiger partial charge in [0.15, 0.2) is 0 Å². The summed E-state index contributed by atoms with van der Waals surface area (Å²) in [6.07, 6.45) is 1.57. The summed E-state index contributed by atoms with van der Waals surface area (Å²) in [7, 11) is 0. The highest BCUT2D eigenvalue weighted by Crippen LogP contribution is 1.98. The number of hydrogen-bond donors (Lipinski definition) is 1. The average Bonchev–Trinajstić information content (AvgIpc) is 2.34. The monoisotopic (exact) mass is 141 g/mol. The first-order valence-electron chi connectivity index (χ1n) is 2.40. The van der Waals surface area contributed by atoms with Crippen LogP contribution in [0.3, 0.4) is 0 Å². The second-order valence-electron chi connectivity index (χ2n) is 1.44. The fourth-order valence-electron chi connectivity index (χ4n) is 0.451. The van der Waals surface area contributed by atoms with Gasteiger partial charge in [-0.25, -0.2) is 4.98 Å². The summed E-state index contributed by atoms with van der Waals surface area (Å²) in [6.45, 7) is 0.479. The molecule has 0 saturated heterocycles. The SMILES string of the molecule is O=[C]NCc1cscn1. The Morgan fingerprint density at radius 1 is 1.89 bits per heavy atom. The molecule has 1 radical (unpaired) electrons. The van der Waals surface area contributed by atoms with E-state index in [9.17, 15) is 4.79 Å². The Balaban J connectivity index is 2.38. The van der Waals surface area contributed by atoms with E-state index in [1.54, 1.807) is 11.9 Å². The molecule has 3 nitrogen and oxygen atoms in total. The molecule has 0 bridgehead atoms. The van der Waals surface area contributed by atoms with E-state index in [1.165, 1.54) is 11.3 Å². The van der Waals surface area contributed by atoms with Crippen LogP contribution < -0.4 is 5.32 Å². The largest absolute Gasteiger partial charge is 0.342 e. The Bertz CT molecular complexity index is 173. The van der Waals surface area contributed by atoms with Crippen LogP contribution in [-0.2, 0) is 11.3 Å². The standard InChI is InChI=1S/C5H5N2OS/c8-3-6-1-5-2-9-4-7-5/h2,4H,1H2,(H,6,8). The minimum atomic E-state index is 0.479. The molecule has 1 aromatic rings. The van der Waals surface area contributed by atoms with Gasteiger partial charge < -0.3 is 5.32 Å². The molecule has 0 aliphatic heterocycles. The van der Waals surface area contributed by atoms with Crippen molar-refractivity contribution >= 4 is 17.7 Å². The molecule has 1 heterocycles. The number of carbonyl (C=O) groups excluding carboxylic acids is 1. The predicted octanol–water partition coefficient (Wildman–Crippen LogP) is 0.300. The molecule has 0 atom stereocenters. The maximum absolute atomic E-state index is 9.64. The Hall–Kier alpha value is -0.900. The molecule has 0 aromatic carbocycles. The van der Waals surface area contributed by atoms with Crippen LogP contribution in [0.2, 0.25) is 0 Å². The molecule has 0 saturated carbocycles. The van der Waals surface area contributed by atoms with Crippen molar-refractivity contribution in [1.29, 1.82) is 0 Å². The molecule has 1 N–H and O–H groups in total. The third-order valence-corrected chi connectivity index (χ3v) is 1.46. The van der Waals surface area contributed by atoms with Crippen LogP contribution in [0.15, 0.2) is 10.9 Å². The summed E-state index contributed by atoms with van der Waals surface area (Å²) >= 11 is 1.51. The number of nitrogens with one attached hydrogen (secondary N) is 1. The maximum atomic E-state index is 9.64. The third-order valence-electron chi connectivity index (χ3n) is 0.825. The maximum Gasteiger partial charge on any atom is 0.309 e. The zero-order chi connectivity index (χ0) is 6.53. The van der Waals surface area contributed by atoms with Crippen molar-refractivity contribution in [1.82, 2.24) is 10.3 Å². The summed E-state index contributed by atoms with van der Waals surface area (Å²) in [4.78, 5) is 13.6. The average molecular weight is 141 g/mol. The molecular formula is C5H5N2OS. The first-order chi connectivity index (χ1) is 4.43. The Kier molecular flexibility index (Phi) is 2.21. The molecular weight excluding hydrogens is 136 g/mol. The van der Waals surface area contributed by atoms with E-state index in [1.807, 2.05) is 5.38 Å². The lowest BCUT2D eigenvalue weighted by Crippen LogP contribution is -2.09. The van der Waals surface area contributed by atoms with Gasteiger partial charge in [-0.15, -0.1) is 11.3 Å². The number of hydrogen-bond acceptors (Lipinski definition) is 3. The zero-order valence-electron chi connectivity index (χ0n) is 4.63. The van der Waals surface area contributed by atoms with Gasteiger partial charge in [-0.1, -0.05) is 0 Å². The predicted molar refractivity (Wildman–Crippen MR) is 34.6 cm³/mol. The molecule has 4 heteroatoms. The fraction of sp³-hybridized carbons (Fsp3) is 0.200. The van der Waals surface area contributed by atoms with Gasteiger partial charge in [0.2, 0.25) is 0 Å². The number of amides is 1. The Morgan fingerprint density at radius 3 is 3.33 bits per heavy atom. The van der Waals surface area contributed by atoms with Crippen molar-refractivity contribution in [3.05, 3.63) is 16.6 Å². The molecule has 0 unspecified atom stereocenters. The van der Waals surface area contributed by atoms with Crippen LogP contribution in [0.1, 0.15) is 5.69 Å². The van der Waals surface area contributed by atoms with Crippen LogP contribution >= 0.6 is 11.3 Å². The molecule has 47 valence electrons. The molecule has 1 aromatic heterocycles. The lowest BCUT2D eigenvalue weighted by Gasteiger charge is -1.88. The summed E-state index contributed by atoms with van der Waals surface area (Å²) in [6, 6.07) is 0. The molecule has 0 fully saturated rings. The van der Waals surface area contributed by atoms with Gasteiger partial charge in [-0.3, -0.25) is 4.79 Å². The zero-order valence-corrected chi connectivity index (χ0v) is 5.44. The van der Waals surface area contributed by atoms with E-state index in [-0.39, 0.29) is 0 Å². The van der Waals surface area contributed by atoms with E-state index in [0.29, 0.717) is 6.54 Å². The highest BCUT2D eigenvalue weighted by atomic mass is 32.1. The summed E-state index contributed by atoms with van der Waals surface area (Å²) in [5, 5.41) is 4.27. The van der Waals surface area contributed by atoms with Crippen molar-refractivity contribution in [3.63, 3.8) is 0 Å². The van der Waals surface area contributed by atoms with Gasteiger partial charge in [-0.2, -0.15) is 0 Å². The van der Waals surface area contributed by atoms with E-state index in [2.05, 4.69) is 10.3 Å². The van der Waals surface area contributed by atoms with Crippen LogP contribution in [0, 0.1) is 0 Å². The summed E-state index contributed by atoms with van der Waals surface area (Å²) < 4.78 is 0. The second-order valence-corrected chi connectivity index (χ2v) is 2.15. The van der Waals surface area contributed by atoms with Crippen molar-refractivity contribution in [2.24, 2.45) is 0 Å². The van der Waals surface area contributed by atoms with Gasteiger partial charge in [0.1, 0.15) is 0 Å². The van der Waals surface area contributed by atoms with E-state index < -0.39 is 0 Å². The molecule has 0 aliphatic rings. The minimum absolute atomic E-state index is 0.479. The summed E-state index contributed by atoms with van der Waals surface area (Å²) in [5.41, 5.74) is 2.60. The van der Waals surface area contributed by atoms with Crippen molar-refractivity contribution < 1.29 is 4.79 Å². The Morgan fingerprint density at radius 2 is 2.78 bits per heavy atom. The highest BCUT2D eigenvalue weighted by molar-refractivity contribution is 7.07. The van der Waals surface area contributed by atoms with E-state index in [4.69, 9.17) is 0 Å². The van der Waals surface area contributed by atoms with E-state index >= 15 is 0 Å². The van der Waals surface area contributed by atoms with Gasteiger partial charge in [0.05, 0.1) is 17.7 Å².